The maximum Gasteiger partial charge on any atom is 0.233 e. The first-order valence-corrected chi connectivity index (χ1v) is 5.61. The van der Waals surface area contributed by atoms with Crippen molar-refractivity contribution < 1.29 is 9.47 Å². The Morgan fingerprint density at radius 1 is 1.22 bits per heavy atom. The number of aromatic nitrogens is 2. The molecule has 0 atom stereocenters. The minimum absolute atomic E-state index is 0.265. The summed E-state index contributed by atoms with van der Waals surface area (Å²) < 4.78 is 10.4. The summed E-state index contributed by atoms with van der Waals surface area (Å²) in [7, 11) is 1.53. The maximum absolute atomic E-state index is 5.86. The quantitative estimate of drug-likeness (QED) is 0.859. The maximum atomic E-state index is 5.86. The molecule has 0 spiro atoms. The van der Waals surface area contributed by atoms with E-state index < -0.39 is 0 Å². The van der Waals surface area contributed by atoms with Gasteiger partial charge in [0.05, 0.1) is 12.8 Å². The molecule has 0 amide bonds. The Morgan fingerprint density at radius 2 is 2.06 bits per heavy atom. The van der Waals surface area contributed by atoms with Gasteiger partial charge in [-0.3, -0.25) is 0 Å². The van der Waals surface area contributed by atoms with E-state index in [0.717, 1.165) is 0 Å². The Kier molecular flexibility index (Phi) is 3.84. The largest absolute Gasteiger partial charge is 0.485 e. The van der Waals surface area contributed by atoms with Gasteiger partial charge in [0.15, 0.2) is 0 Å². The topological polar surface area (TPSA) is 70.3 Å². The number of hydrogen-bond donors (Lipinski definition) is 1. The normalized spacial score (nSPS) is 10.1. The predicted molar refractivity (Wildman–Crippen MR) is 68.8 cm³/mol. The van der Waals surface area contributed by atoms with E-state index in [1.54, 1.807) is 30.3 Å². The zero-order chi connectivity index (χ0) is 13.0. The zero-order valence-corrected chi connectivity index (χ0v) is 10.5. The van der Waals surface area contributed by atoms with Crippen LogP contribution in [0.4, 0.5) is 5.69 Å². The number of nitrogens with zero attached hydrogens (tertiary/aromatic N) is 2. The van der Waals surface area contributed by atoms with Crippen molar-refractivity contribution in [1.82, 2.24) is 10.2 Å². The van der Waals surface area contributed by atoms with E-state index >= 15 is 0 Å². The van der Waals surface area contributed by atoms with E-state index in [2.05, 4.69) is 10.2 Å². The second-order valence-corrected chi connectivity index (χ2v) is 3.97. The third-order valence-corrected chi connectivity index (χ3v) is 2.49. The number of methoxy groups -OCH3 is 1. The molecule has 0 aliphatic carbocycles. The fourth-order valence-electron chi connectivity index (χ4n) is 1.32. The molecule has 0 unspecified atom stereocenters. The van der Waals surface area contributed by atoms with Crippen LogP contribution in [-0.4, -0.2) is 17.3 Å². The number of hydrogen-bond acceptors (Lipinski definition) is 5. The van der Waals surface area contributed by atoms with E-state index in [-0.39, 0.29) is 6.61 Å². The molecule has 5 nitrogen and oxygen atoms in total. The minimum Gasteiger partial charge on any atom is -0.485 e. The average Bonchev–Trinajstić information content (AvgIpc) is 2.40. The molecular formula is C12H12ClN3O2. The number of nitrogens with two attached hydrogens (primary N) is 1. The van der Waals surface area contributed by atoms with Crippen molar-refractivity contribution >= 4 is 17.3 Å². The van der Waals surface area contributed by atoms with Crippen molar-refractivity contribution in [1.29, 1.82) is 0 Å². The molecule has 18 heavy (non-hydrogen) atoms. The van der Waals surface area contributed by atoms with Crippen LogP contribution in [0, 0.1) is 0 Å². The lowest BCUT2D eigenvalue weighted by molar-refractivity contribution is 0.300. The van der Waals surface area contributed by atoms with Crippen LogP contribution in [-0.2, 0) is 6.61 Å². The molecule has 2 rings (SSSR count). The SMILES string of the molecule is COc1ccc(COc2cc(Cl)ccc2N)nn1. The van der Waals surface area contributed by atoms with Crippen LogP contribution in [0.3, 0.4) is 0 Å². The highest BCUT2D eigenvalue weighted by Crippen LogP contribution is 2.25. The molecule has 2 N–H and O–H groups in total. The summed E-state index contributed by atoms with van der Waals surface area (Å²) in [6.45, 7) is 0.265. The highest BCUT2D eigenvalue weighted by atomic mass is 35.5. The van der Waals surface area contributed by atoms with Crippen molar-refractivity contribution in [2.45, 2.75) is 6.61 Å². The first-order valence-electron chi connectivity index (χ1n) is 5.23. The van der Waals surface area contributed by atoms with Gasteiger partial charge in [-0.05, 0) is 18.2 Å². The Balaban J connectivity index is 2.04. The first kappa shape index (κ1) is 12.4. The smallest absolute Gasteiger partial charge is 0.233 e. The van der Waals surface area contributed by atoms with Crippen LogP contribution in [0.2, 0.25) is 5.02 Å². The molecule has 2 aromatic rings. The van der Waals surface area contributed by atoms with Crippen molar-refractivity contribution in [3.05, 3.63) is 41.0 Å². The van der Waals surface area contributed by atoms with Gasteiger partial charge in [-0.1, -0.05) is 11.6 Å². The van der Waals surface area contributed by atoms with Crippen LogP contribution < -0.4 is 15.2 Å². The molecule has 1 aromatic carbocycles. The average molecular weight is 266 g/mol. The third kappa shape index (κ3) is 3.01. The fraction of sp³-hybridized carbons (Fsp3) is 0.167. The Morgan fingerprint density at radius 3 is 2.72 bits per heavy atom. The van der Waals surface area contributed by atoms with Crippen LogP contribution in [0.1, 0.15) is 5.69 Å². The Labute approximate surface area is 109 Å². The lowest BCUT2D eigenvalue weighted by Crippen LogP contribution is -2.02. The molecule has 0 saturated heterocycles. The van der Waals surface area contributed by atoms with E-state index in [1.165, 1.54) is 7.11 Å². The third-order valence-electron chi connectivity index (χ3n) is 2.26. The second-order valence-electron chi connectivity index (χ2n) is 3.54. The standard InChI is InChI=1S/C12H12ClN3O2/c1-17-12-5-3-9(15-16-12)7-18-11-6-8(13)2-4-10(11)14/h2-6H,7,14H2,1H3. The number of halogens is 1. The number of rotatable bonds is 4. The van der Waals surface area contributed by atoms with Gasteiger partial charge in [-0.15, -0.1) is 10.2 Å². The number of benzene rings is 1. The highest BCUT2D eigenvalue weighted by molar-refractivity contribution is 6.30. The van der Waals surface area contributed by atoms with Gasteiger partial charge >= 0.3 is 0 Å². The number of anilines is 1. The molecule has 0 saturated carbocycles. The summed E-state index contributed by atoms with van der Waals surface area (Å²) >= 11 is 5.86. The monoisotopic (exact) mass is 265 g/mol. The van der Waals surface area contributed by atoms with Crippen LogP contribution in [0.15, 0.2) is 30.3 Å². The van der Waals surface area contributed by atoms with Crippen LogP contribution in [0.5, 0.6) is 11.6 Å². The van der Waals surface area contributed by atoms with Crippen molar-refractivity contribution in [3.8, 4) is 11.6 Å². The lowest BCUT2D eigenvalue weighted by Gasteiger charge is -2.08. The van der Waals surface area contributed by atoms with Crippen molar-refractivity contribution in [2.24, 2.45) is 0 Å². The Bertz CT molecular complexity index is 531. The molecular weight excluding hydrogens is 254 g/mol. The van der Waals surface area contributed by atoms with Gasteiger partial charge in [-0.25, -0.2) is 0 Å². The summed E-state index contributed by atoms with van der Waals surface area (Å²) in [6, 6.07) is 8.54. The number of nitrogen functional groups attached to an aromatic ring is 1. The summed E-state index contributed by atoms with van der Waals surface area (Å²) in [5.74, 6) is 0.987. The van der Waals surface area contributed by atoms with Crippen molar-refractivity contribution in [2.75, 3.05) is 12.8 Å². The van der Waals surface area contributed by atoms with Crippen molar-refractivity contribution in [3.63, 3.8) is 0 Å². The fourth-order valence-corrected chi connectivity index (χ4v) is 1.48. The molecule has 0 fully saturated rings. The molecule has 0 bridgehead atoms. The molecule has 6 heteroatoms. The summed E-state index contributed by atoms with van der Waals surface area (Å²) in [5.41, 5.74) is 6.96. The van der Waals surface area contributed by atoms with Gasteiger partial charge in [0.25, 0.3) is 0 Å². The zero-order valence-electron chi connectivity index (χ0n) is 9.76. The lowest BCUT2D eigenvalue weighted by atomic mass is 10.3. The molecule has 94 valence electrons. The van der Waals surface area contributed by atoms with Gasteiger partial charge < -0.3 is 15.2 Å². The van der Waals surface area contributed by atoms with E-state index in [9.17, 15) is 0 Å². The summed E-state index contributed by atoms with van der Waals surface area (Å²) in [6.07, 6.45) is 0. The Hall–Kier alpha value is -2.01. The van der Waals surface area contributed by atoms with Gasteiger partial charge in [-0.2, -0.15) is 0 Å². The van der Waals surface area contributed by atoms with Gasteiger partial charge in [0.2, 0.25) is 5.88 Å². The van der Waals surface area contributed by atoms with E-state index in [1.807, 2.05) is 0 Å². The molecule has 1 aromatic heterocycles. The summed E-state index contributed by atoms with van der Waals surface area (Å²) in [4.78, 5) is 0. The van der Waals surface area contributed by atoms with Gasteiger partial charge in [0, 0.05) is 17.2 Å². The highest BCUT2D eigenvalue weighted by Gasteiger charge is 2.03. The first-order chi connectivity index (χ1) is 8.69. The van der Waals surface area contributed by atoms with E-state index in [0.29, 0.717) is 28.0 Å². The summed E-state index contributed by atoms with van der Waals surface area (Å²) in [5, 5.41) is 8.35. The molecule has 0 radical (unpaired) electrons. The molecule has 0 aliphatic rings. The van der Waals surface area contributed by atoms with Crippen LogP contribution in [0.25, 0.3) is 0 Å². The van der Waals surface area contributed by atoms with Crippen LogP contribution >= 0.6 is 11.6 Å². The minimum atomic E-state index is 0.265. The van der Waals surface area contributed by atoms with Gasteiger partial charge in [0.1, 0.15) is 18.1 Å². The predicted octanol–water partition coefficient (Wildman–Crippen LogP) is 2.30. The molecule has 1 heterocycles. The molecule has 0 aliphatic heterocycles. The van der Waals surface area contributed by atoms with E-state index in [4.69, 9.17) is 26.8 Å². The number of ether oxygens (including phenoxy) is 2. The second kappa shape index (κ2) is 5.55.